The molecule has 1 aromatic carbocycles. The summed E-state index contributed by atoms with van der Waals surface area (Å²) in [5, 5.41) is 2.59. The van der Waals surface area contributed by atoms with Gasteiger partial charge in [0.2, 0.25) is 5.91 Å². The van der Waals surface area contributed by atoms with Crippen LogP contribution in [0.15, 0.2) is 41.0 Å². The van der Waals surface area contributed by atoms with E-state index in [-0.39, 0.29) is 11.3 Å². The van der Waals surface area contributed by atoms with Gasteiger partial charge in [0.05, 0.1) is 19.1 Å². The Kier molecular flexibility index (Phi) is 3.51. The molecule has 0 unspecified atom stereocenters. The minimum Gasteiger partial charge on any atom is -0.495 e. The van der Waals surface area contributed by atoms with E-state index in [1.165, 1.54) is 31.6 Å². The van der Waals surface area contributed by atoms with Crippen molar-refractivity contribution in [2.24, 2.45) is 5.73 Å². The smallest absolute Gasteiger partial charge is 0.291 e. The molecule has 2 aromatic rings. The first-order valence-electron chi connectivity index (χ1n) is 5.44. The molecule has 2 amide bonds. The van der Waals surface area contributed by atoms with Crippen LogP contribution in [0.4, 0.5) is 5.69 Å². The number of primary amides is 1. The first-order chi connectivity index (χ1) is 9.11. The number of furan rings is 1. The van der Waals surface area contributed by atoms with Gasteiger partial charge in [-0.05, 0) is 30.3 Å². The predicted molar refractivity (Wildman–Crippen MR) is 68.2 cm³/mol. The molecule has 1 aromatic heterocycles. The monoisotopic (exact) mass is 260 g/mol. The first kappa shape index (κ1) is 12.7. The van der Waals surface area contributed by atoms with E-state index in [2.05, 4.69) is 5.32 Å². The Labute approximate surface area is 109 Å². The first-order valence-corrected chi connectivity index (χ1v) is 5.44. The molecule has 6 heteroatoms. The van der Waals surface area contributed by atoms with Crippen LogP contribution in [0.1, 0.15) is 20.9 Å². The number of amides is 2. The van der Waals surface area contributed by atoms with E-state index < -0.39 is 11.8 Å². The maximum Gasteiger partial charge on any atom is 0.291 e. The molecule has 1 heterocycles. The minimum atomic E-state index is -0.587. The lowest BCUT2D eigenvalue weighted by Gasteiger charge is -2.10. The van der Waals surface area contributed by atoms with Crippen LogP contribution < -0.4 is 15.8 Å². The van der Waals surface area contributed by atoms with E-state index in [0.717, 1.165) is 0 Å². The zero-order chi connectivity index (χ0) is 13.8. The lowest BCUT2D eigenvalue weighted by atomic mass is 10.1. The van der Waals surface area contributed by atoms with Crippen molar-refractivity contribution in [3.05, 3.63) is 47.9 Å². The van der Waals surface area contributed by atoms with Crippen LogP contribution in [0.5, 0.6) is 5.75 Å². The molecule has 0 bridgehead atoms. The summed E-state index contributed by atoms with van der Waals surface area (Å²) in [5.41, 5.74) is 5.81. The Morgan fingerprint density at radius 1 is 1.32 bits per heavy atom. The lowest BCUT2D eigenvalue weighted by Crippen LogP contribution is -2.14. The molecular formula is C13H12N2O4. The normalized spacial score (nSPS) is 9.95. The molecule has 0 aliphatic carbocycles. The topological polar surface area (TPSA) is 94.6 Å². The largest absolute Gasteiger partial charge is 0.495 e. The van der Waals surface area contributed by atoms with Gasteiger partial charge in [0.25, 0.3) is 5.91 Å². The Balaban J connectivity index is 2.30. The van der Waals surface area contributed by atoms with Crippen LogP contribution in [0, 0.1) is 0 Å². The van der Waals surface area contributed by atoms with Gasteiger partial charge in [0.1, 0.15) is 5.75 Å². The number of methoxy groups -OCH3 is 1. The van der Waals surface area contributed by atoms with Gasteiger partial charge in [-0.25, -0.2) is 0 Å². The third kappa shape index (κ3) is 2.74. The number of carbonyl (C=O) groups excluding carboxylic acids is 2. The van der Waals surface area contributed by atoms with E-state index >= 15 is 0 Å². The average Bonchev–Trinajstić information content (AvgIpc) is 2.92. The van der Waals surface area contributed by atoms with Crippen LogP contribution in [0.3, 0.4) is 0 Å². The number of hydrogen-bond acceptors (Lipinski definition) is 4. The van der Waals surface area contributed by atoms with Crippen molar-refractivity contribution in [3.63, 3.8) is 0 Å². The summed E-state index contributed by atoms with van der Waals surface area (Å²) in [6, 6.07) is 7.65. The molecule has 0 aliphatic heterocycles. The van der Waals surface area contributed by atoms with Crippen LogP contribution in [0.25, 0.3) is 0 Å². The van der Waals surface area contributed by atoms with Crippen LogP contribution >= 0.6 is 0 Å². The second-order valence-electron chi connectivity index (χ2n) is 3.71. The van der Waals surface area contributed by atoms with Crippen molar-refractivity contribution in [2.75, 3.05) is 12.4 Å². The third-order valence-electron chi connectivity index (χ3n) is 2.48. The number of anilines is 1. The summed E-state index contributed by atoms with van der Waals surface area (Å²) in [7, 11) is 1.46. The second kappa shape index (κ2) is 5.26. The van der Waals surface area contributed by atoms with E-state index in [0.29, 0.717) is 11.4 Å². The predicted octanol–water partition coefficient (Wildman–Crippen LogP) is 1.64. The van der Waals surface area contributed by atoms with Crippen molar-refractivity contribution in [3.8, 4) is 5.75 Å². The van der Waals surface area contributed by atoms with Gasteiger partial charge in [0, 0.05) is 5.56 Å². The number of rotatable bonds is 4. The lowest BCUT2D eigenvalue weighted by molar-refractivity contribution is 0.0988. The molecule has 2 rings (SSSR count). The SMILES string of the molecule is COc1ccc(C(N)=O)cc1NC(=O)c1ccco1. The number of hydrogen-bond donors (Lipinski definition) is 2. The quantitative estimate of drug-likeness (QED) is 0.873. The molecule has 6 nitrogen and oxygen atoms in total. The van der Waals surface area contributed by atoms with Crippen LogP contribution in [0.2, 0.25) is 0 Å². The van der Waals surface area contributed by atoms with Crippen molar-refractivity contribution >= 4 is 17.5 Å². The van der Waals surface area contributed by atoms with Gasteiger partial charge in [-0.3, -0.25) is 9.59 Å². The molecule has 0 saturated heterocycles. The Bertz CT molecular complexity index is 605. The summed E-state index contributed by atoms with van der Waals surface area (Å²) < 4.78 is 10.1. The molecule has 0 saturated carbocycles. The van der Waals surface area contributed by atoms with Crippen LogP contribution in [-0.2, 0) is 0 Å². The Hall–Kier alpha value is -2.76. The zero-order valence-electron chi connectivity index (χ0n) is 10.2. The summed E-state index contributed by atoms with van der Waals surface area (Å²) in [6.07, 6.45) is 1.39. The van der Waals surface area contributed by atoms with Crippen molar-refractivity contribution < 1.29 is 18.7 Å². The van der Waals surface area contributed by atoms with Crippen molar-refractivity contribution in [1.82, 2.24) is 0 Å². The highest BCUT2D eigenvalue weighted by atomic mass is 16.5. The Morgan fingerprint density at radius 2 is 2.11 bits per heavy atom. The van der Waals surface area contributed by atoms with Gasteiger partial charge in [-0.2, -0.15) is 0 Å². The standard InChI is InChI=1S/C13H12N2O4/c1-18-10-5-4-8(12(14)16)7-9(10)15-13(17)11-3-2-6-19-11/h2-7H,1H3,(H2,14,16)(H,15,17). The molecular weight excluding hydrogens is 248 g/mol. The Morgan fingerprint density at radius 3 is 2.68 bits per heavy atom. The highest BCUT2D eigenvalue weighted by Crippen LogP contribution is 2.26. The highest BCUT2D eigenvalue weighted by Gasteiger charge is 2.13. The number of carbonyl (C=O) groups is 2. The fourth-order valence-electron chi connectivity index (χ4n) is 1.55. The fraction of sp³-hybridized carbons (Fsp3) is 0.0769. The molecule has 0 aliphatic rings. The van der Waals surface area contributed by atoms with Gasteiger partial charge >= 0.3 is 0 Å². The maximum atomic E-state index is 11.8. The average molecular weight is 260 g/mol. The molecule has 0 atom stereocenters. The summed E-state index contributed by atoms with van der Waals surface area (Å²) in [4.78, 5) is 23.0. The maximum absolute atomic E-state index is 11.8. The van der Waals surface area contributed by atoms with Gasteiger partial charge in [-0.15, -0.1) is 0 Å². The number of benzene rings is 1. The van der Waals surface area contributed by atoms with Gasteiger partial charge < -0.3 is 20.2 Å². The minimum absolute atomic E-state index is 0.159. The van der Waals surface area contributed by atoms with E-state index in [9.17, 15) is 9.59 Å². The second-order valence-corrected chi connectivity index (χ2v) is 3.71. The number of nitrogens with one attached hydrogen (secondary N) is 1. The van der Waals surface area contributed by atoms with Crippen molar-refractivity contribution in [2.45, 2.75) is 0 Å². The van der Waals surface area contributed by atoms with Gasteiger partial charge in [-0.1, -0.05) is 0 Å². The molecule has 19 heavy (non-hydrogen) atoms. The molecule has 3 N–H and O–H groups in total. The fourth-order valence-corrected chi connectivity index (χ4v) is 1.55. The van der Waals surface area contributed by atoms with E-state index in [1.54, 1.807) is 12.1 Å². The summed E-state index contributed by atoms with van der Waals surface area (Å²) >= 11 is 0. The molecule has 0 spiro atoms. The molecule has 0 fully saturated rings. The summed E-state index contributed by atoms with van der Waals surface area (Å²) in [6.45, 7) is 0. The summed E-state index contributed by atoms with van der Waals surface area (Å²) in [5.74, 6) is -0.447. The zero-order valence-corrected chi connectivity index (χ0v) is 10.2. The highest BCUT2D eigenvalue weighted by molar-refractivity contribution is 6.04. The van der Waals surface area contributed by atoms with E-state index in [4.69, 9.17) is 14.9 Å². The number of nitrogens with two attached hydrogens (primary N) is 1. The van der Waals surface area contributed by atoms with Crippen molar-refractivity contribution in [1.29, 1.82) is 0 Å². The molecule has 0 radical (unpaired) electrons. The van der Waals surface area contributed by atoms with Gasteiger partial charge in [0.15, 0.2) is 5.76 Å². The van der Waals surface area contributed by atoms with Crippen LogP contribution in [-0.4, -0.2) is 18.9 Å². The van der Waals surface area contributed by atoms with E-state index in [1.807, 2.05) is 0 Å². The molecule has 98 valence electrons. The third-order valence-corrected chi connectivity index (χ3v) is 2.48. The number of ether oxygens (including phenoxy) is 1.